The molecule has 106 valence electrons. The van der Waals surface area contributed by atoms with E-state index in [4.69, 9.17) is 5.26 Å². The van der Waals surface area contributed by atoms with Gasteiger partial charge in [-0.1, -0.05) is 0 Å². The lowest BCUT2D eigenvalue weighted by Crippen LogP contribution is -2.13. The molecule has 20 heavy (non-hydrogen) atoms. The molecule has 0 heterocycles. The van der Waals surface area contributed by atoms with Gasteiger partial charge in [0.2, 0.25) is 0 Å². The number of ether oxygens (including phenoxy) is 1. The molecule has 4 nitrogen and oxygen atoms in total. The minimum Gasteiger partial charge on any atom is -0.466 e. The number of nitrogens with zero attached hydrogens (tertiary/aromatic N) is 1. The van der Waals surface area contributed by atoms with Gasteiger partial charge in [0, 0.05) is 5.56 Å². The van der Waals surface area contributed by atoms with E-state index in [-0.39, 0.29) is 24.0 Å². The van der Waals surface area contributed by atoms with E-state index in [0.29, 0.717) is 12.1 Å². The molecule has 7 heteroatoms. The van der Waals surface area contributed by atoms with Crippen LogP contribution in [0.25, 0.3) is 0 Å². The predicted molar refractivity (Wildman–Crippen MR) is 61.9 cm³/mol. The van der Waals surface area contributed by atoms with Crippen LogP contribution >= 0.6 is 0 Å². The first-order valence-corrected chi connectivity index (χ1v) is 5.58. The molecular weight excluding hydrogens is 275 g/mol. The Morgan fingerprint density at radius 3 is 2.55 bits per heavy atom. The Hall–Kier alpha value is -2.36. The van der Waals surface area contributed by atoms with Gasteiger partial charge in [0.15, 0.2) is 6.29 Å². The molecule has 0 fully saturated rings. The van der Waals surface area contributed by atoms with E-state index in [2.05, 4.69) is 4.74 Å². The number of carbonyl (C=O) groups excluding carboxylic acids is 2. The summed E-state index contributed by atoms with van der Waals surface area (Å²) in [7, 11) is 0. The summed E-state index contributed by atoms with van der Waals surface area (Å²) in [5.41, 5.74) is -1.91. The molecule has 0 saturated carbocycles. The van der Waals surface area contributed by atoms with Crippen molar-refractivity contribution in [2.75, 3.05) is 6.61 Å². The zero-order chi connectivity index (χ0) is 15.3. The SMILES string of the molecule is CCOC(=O)Cc1cc(C(F)(F)F)cc(C=O)c1C#N. The number of halogens is 3. The van der Waals surface area contributed by atoms with Gasteiger partial charge in [-0.25, -0.2) is 0 Å². The Bertz CT molecular complexity index is 573. The summed E-state index contributed by atoms with van der Waals surface area (Å²) >= 11 is 0. The third kappa shape index (κ3) is 3.57. The van der Waals surface area contributed by atoms with Crippen LogP contribution in [-0.4, -0.2) is 18.9 Å². The van der Waals surface area contributed by atoms with E-state index in [1.165, 1.54) is 0 Å². The standard InChI is InChI=1S/C13H10F3NO3/c1-2-20-12(19)5-8-3-10(13(14,15)16)4-9(7-18)11(8)6-17/h3-4,7H,2,5H2,1H3. The van der Waals surface area contributed by atoms with Crippen molar-refractivity contribution in [2.24, 2.45) is 0 Å². The summed E-state index contributed by atoms with van der Waals surface area (Å²) in [5.74, 6) is -0.764. The van der Waals surface area contributed by atoms with Crippen molar-refractivity contribution in [2.45, 2.75) is 19.5 Å². The van der Waals surface area contributed by atoms with Crippen LogP contribution in [0.3, 0.4) is 0 Å². The molecule has 0 aliphatic carbocycles. The lowest BCUT2D eigenvalue weighted by molar-refractivity contribution is -0.142. The summed E-state index contributed by atoms with van der Waals surface area (Å²) in [6.07, 6.45) is -5.01. The van der Waals surface area contributed by atoms with Crippen LogP contribution in [0.2, 0.25) is 0 Å². The smallest absolute Gasteiger partial charge is 0.416 e. The fraction of sp³-hybridized carbons (Fsp3) is 0.308. The quantitative estimate of drug-likeness (QED) is 0.629. The number of carbonyl (C=O) groups is 2. The summed E-state index contributed by atoms with van der Waals surface area (Å²) in [6.45, 7) is 1.62. The van der Waals surface area contributed by atoms with Gasteiger partial charge in [0.1, 0.15) is 6.07 Å². The van der Waals surface area contributed by atoms with E-state index in [0.717, 1.165) is 0 Å². The Labute approximate surface area is 112 Å². The van der Waals surface area contributed by atoms with E-state index >= 15 is 0 Å². The number of hydrogen-bond acceptors (Lipinski definition) is 4. The van der Waals surface area contributed by atoms with Gasteiger partial charge in [0.25, 0.3) is 0 Å². The molecule has 0 amide bonds. The first-order valence-electron chi connectivity index (χ1n) is 5.58. The number of aldehydes is 1. The Morgan fingerprint density at radius 2 is 2.10 bits per heavy atom. The number of rotatable bonds is 4. The second kappa shape index (κ2) is 6.19. The van der Waals surface area contributed by atoms with Crippen molar-refractivity contribution in [3.8, 4) is 6.07 Å². The third-order valence-electron chi connectivity index (χ3n) is 2.46. The highest BCUT2D eigenvalue weighted by Crippen LogP contribution is 2.32. The molecule has 1 aromatic rings. The van der Waals surface area contributed by atoms with Crippen LogP contribution < -0.4 is 0 Å². The summed E-state index contributed by atoms with van der Waals surface area (Å²) in [6, 6.07) is 2.90. The fourth-order valence-electron chi connectivity index (χ4n) is 1.63. The average Bonchev–Trinajstić information content (AvgIpc) is 2.36. The third-order valence-corrected chi connectivity index (χ3v) is 2.46. The van der Waals surface area contributed by atoms with Gasteiger partial charge in [-0.05, 0) is 24.6 Å². The molecule has 0 aliphatic heterocycles. The number of esters is 1. The molecule has 0 atom stereocenters. The maximum atomic E-state index is 12.7. The summed E-state index contributed by atoms with van der Waals surface area (Å²) in [4.78, 5) is 22.1. The van der Waals surface area contributed by atoms with Crippen molar-refractivity contribution in [1.82, 2.24) is 0 Å². The van der Waals surface area contributed by atoms with E-state index in [9.17, 15) is 22.8 Å². The molecule has 0 bridgehead atoms. The molecule has 1 aromatic carbocycles. The Kier molecular flexibility index (Phi) is 4.86. The normalized spacial score (nSPS) is 10.8. The molecule has 0 aliphatic rings. The first-order chi connectivity index (χ1) is 9.33. The second-order valence-corrected chi connectivity index (χ2v) is 3.81. The Balaban J connectivity index is 3.36. The van der Waals surface area contributed by atoms with E-state index in [1.54, 1.807) is 13.0 Å². The van der Waals surface area contributed by atoms with Gasteiger partial charge < -0.3 is 4.74 Å². The molecule has 0 radical (unpaired) electrons. The number of nitriles is 1. The van der Waals surface area contributed by atoms with E-state index in [1.807, 2.05) is 0 Å². The van der Waals surface area contributed by atoms with Gasteiger partial charge in [-0.3, -0.25) is 9.59 Å². The summed E-state index contributed by atoms with van der Waals surface area (Å²) < 4.78 is 42.7. The second-order valence-electron chi connectivity index (χ2n) is 3.81. The van der Waals surface area contributed by atoms with Crippen molar-refractivity contribution in [3.05, 3.63) is 34.4 Å². The number of hydrogen-bond donors (Lipinski definition) is 0. The van der Waals surface area contributed by atoms with Crippen LogP contribution in [0, 0.1) is 11.3 Å². The molecule has 0 aromatic heterocycles. The lowest BCUT2D eigenvalue weighted by Gasteiger charge is -2.12. The lowest BCUT2D eigenvalue weighted by atomic mass is 9.96. The van der Waals surface area contributed by atoms with E-state index < -0.39 is 29.7 Å². The average molecular weight is 285 g/mol. The number of alkyl halides is 3. The van der Waals surface area contributed by atoms with Crippen LogP contribution in [0.15, 0.2) is 12.1 Å². The van der Waals surface area contributed by atoms with Gasteiger partial charge in [-0.2, -0.15) is 18.4 Å². The van der Waals surface area contributed by atoms with Gasteiger partial charge in [-0.15, -0.1) is 0 Å². The molecular formula is C13H10F3NO3. The minimum atomic E-state index is -4.67. The van der Waals surface area contributed by atoms with Crippen LogP contribution in [-0.2, 0) is 22.1 Å². The highest BCUT2D eigenvalue weighted by atomic mass is 19.4. The molecule has 0 spiro atoms. The highest BCUT2D eigenvalue weighted by Gasteiger charge is 2.32. The van der Waals surface area contributed by atoms with Crippen molar-refractivity contribution >= 4 is 12.3 Å². The van der Waals surface area contributed by atoms with Gasteiger partial charge >= 0.3 is 12.1 Å². The molecule has 0 N–H and O–H groups in total. The maximum absolute atomic E-state index is 12.7. The zero-order valence-electron chi connectivity index (χ0n) is 10.5. The van der Waals surface area contributed by atoms with Crippen LogP contribution in [0.1, 0.15) is 34.0 Å². The zero-order valence-corrected chi connectivity index (χ0v) is 10.5. The molecule has 0 saturated heterocycles. The van der Waals surface area contributed by atoms with Crippen LogP contribution in [0.4, 0.5) is 13.2 Å². The maximum Gasteiger partial charge on any atom is 0.416 e. The Morgan fingerprint density at radius 1 is 1.45 bits per heavy atom. The van der Waals surface area contributed by atoms with Crippen LogP contribution in [0.5, 0.6) is 0 Å². The van der Waals surface area contributed by atoms with Gasteiger partial charge in [0.05, 0.1) is 24.2 Å². The van der Waals surface area contributed by atoms with Crippen molar-refractivity contribution in [3.63, 3.8) is 0 Å². The fourth-order valence-corrected chi connectivity index (χ4v) is 1.63. The monoisotopic (exact) mass is 285 g/mol. The molecule has 1 rings (SSSR count). The highest BCUT2D eigenvalue weighted by molar-refractivity contribution is 5.82. The minimum absolute atomic E-state index is 0.0697. The number of benzene rings is 1. The van der Waals surface area contributed by atoms with Crippen molar-refractivity contribution < 1.29 is 27.5 Å². The van der Waals surface area contributed by atoms with Crippen molar-refractivity contribution in [1.29, 1.82) is 5.26 Å². The molecule has 0 unspecified atom stereocenters. The predicted octanol–water partition coefficient (Wildman–Crippen LogP) is 2.50. The first kappa shape index (κ1) is 15.7. The largest absolute Gasteiger partial charge is 0.466 e. The topological polar surface area (TPSA) is 67.2 Å². The summed E-state index contributed by atoms with van der Waals surface area (Å²) in [5, 5.41) is 8.92.